The standard InChI is InChI=1S/C14H13N5S/c1-14(2,3)12-11(20-19-18-12)13-16-9-6-4-5-8(7-15)10(9)17-13/h4-6H,1-3H3,(H,16,17). The SMILES string of the molecule is CC(C)(C)c1nnsc1-c1nc2c(C#N)cccc2[nH]1. The van der Waals surface area contributed by atoms with Crippen LogP contribution in [-0.2, 0) is 5.41 Å². The number of nitrogens with one attached hydrogen (secondary N) is 1. The molecule has 0 fully saturated rings. The first kappa shape index (κ1) is 12.8. The fourth-order valence-electron chi connectivity index (χ4n) is 2.07. The first-order valence-electron chi connectivity index (χ1n) is 6.23. The summed E-state index contributed by atoms with van der Waals surface area (Å²) in [4.78, 5) is 8.73. The fraction of sp³-hybridized carbons (Fsp3) is 0.286. The zero-order valence-corrected chi connectivity index (χ0v) is 12.2. The number of hydrogen-bond acceptors (Lipinski definition) is 5. The molecule has 0 amide bonds. The first-order chi connectivity index (χ1) is 9.50. The summed E-state index contributed by atoms with van der Waals surface area (Å²) in [5.74, 6) is 0.725. The van der Waals surface area contributed by atoms with Gasteiger partial charge in [-0.05, 0) is 23.7 Å². The second-order valence-corrected chi connectivity index (χ2v) is 6.35. The number of benzene rings is 1. The number of rotatable bonds is 1. The molecule has 0 saturated heterocycles. The highest BCUT2D eigenvalue weighted by molar-refractivity contribution is 7.09. The number of nitrogens with zero attached hydrogens (tertiary/aromatic N) is 4. The van der Waals surface area contributed by atoms with E-state index in [4.69, 9.17) is 5.26 Å². The van der Waals surface area contributed by atoms with Crippen molar-refractivity contribution in [2.24, 2.45) is 0 Å². The number of nitriles is 1. The van der Waals surface area contributed by atoms with Crippen LogP contribution in [0.3, 0.4) is 0 Å². The van der Waals surface area contributed by atoms with Crippen molar-refractivity contribution in [3.8, 4) is 16.8 Å². The summed E-state index contributed by atoms with van der Waals surface area (Å²) in [6.07, 6.45) is 0. The maximum Gasteiger partial charge on any atom is 0.152 e. The average molecular weight is 283 g/mol. The van der Waals surface area contributed by atoms with Crippen LogP contribution in [0.15, 0.2) is 18.2 Å². The minimum Gasteiger partial charge on any atom is -0.337 e. The Kier molecular flexibility index (Phi) is 2.80. The smallest absolute Gasteiger partial charge is 0.152 e. The van der Waals surface area contributed by atoms with Crippen molar-refractivity contribution >= 4 is 22.6 Å². The molecular weight excluding hydrogens is 270 g/mol. The number of fused-ring (bicyclic) bond motifs is 1. The van der Waals surface area contributed by atoms with Crippen LogP contribution < -0.4 is 0 Å². The summed E-state index contributed by atoms with van der Waals surface area (Å²) >= 11 is 1.32. The average Bonchev–Trinajstić information content (AvgIpc) is 3.03. The summed E-state index contributed by atoms with van der Waals surface area (Å²) in [6.45, 7) is 6.28. The maximum absolute atomic E-state index is 9.13. The van der Waals surface area contributed by atoms with E-state index in [0.29, 0.717) is 11.1 Å². The van der Waals surface area contributed by atoms with Crippen LogP contribution in [0.2, 0.25) is 0 Å². The fourth-order valence-corrected chi connectivity index (χ4v) is 2.89. The van der Waals surface area contributed by atoms with Crippen LogP contribution in [0.25, 0.3) is 21.7 Å². The van der Waals surface area contributed by atoms with Crippen LogP contribution in [0.5, 0.6) is 0 Å². The zero-order chi connectivity index (χ0) is 14.3. The summed E-state index contributed by atoms with van der Waals surface area (Å²) in [5.41, 5.74) is 2.93. The van der Waals surface area contributed by atoms with Gasteiger partial charge in [0.1, 0.15) is 16.5 Å². The molecule has 0 bridgehead atoms. The minimum absolute atomic E-state index is 0.0979. The lowest BCUT2D eigenvalue weighted by Gasteiger charge is -2.15. The third kappa shape index (κ3) is 1.96. The molecule has 3 aromatic rings. The molecule has 0 radical (unpaired) electrons. The van der Waals surface area contributed by atoms with E-state index in [2.05, 4.69) is 46.4 Å². The molecule has 2 aromatic heterocycles. The number of imidazole rings is 1. The molecule has 0 aliphatic carbocycles. The Hall–Kier alpha value is -2.26. The molecule has 20 heavy (non-hydrogen) atoms. The Morgan fingerprint density at radius 2 is 2.10 bits per heavy atom. The molecule has 1 aromatic carbocycles. The van der Waals surface area contributed by atoms with Gasteiger partial charge in [-0.15, -0.1) is 5.10 Å². The normalized spacial score (nSPS) is 11.7. The van der Waals surface area contributed by atoms with Gasteiger partial charge >= 0.3 is 0 Å². The van der Waals surface area contributed by atoms with E-state index < -0.39 is 0 Å². The van der Waals surface area contributed by atoms with Gasteiger partial charge in [0.15, 0.2) is 5.82 Å². The topological polar surface area (TPSA) is 78.2 Å². The van der Waals surface area contributed by atoms with Crippen LogP contribution in [0.4, 0.5) is 0 Å². The second-order valence-electron chi connectivity index (χ2n) is 5.60. The highest BCUT2D eigenvalue weighted by Crippen LogP contribution is 2.33. The quantitative estimate of drug-likeness (QED) is 0.743. The van der Waals surface area contributed by atoms with Crippen LogP contribution in [-0.4, -0.2) is 19.6 Å². The van der Waals surface area contributed by atoms with Crippen LogP contribution >= 0.6 is 11.5 Å². The van der Waals surface area contributed by atoms with Gasteiger partial charge in [-0.2, -0.15) is 5.26 Å². The van der Waals surface area contributed by atoms with Crippen LogP contribution in [0, 0.1) is 11.3 Å². The van der Waals surface area contributed by atoms with Gasteiger partial charge in [0.2, 0.25) is 0 Å². The van der Waals surface area contributed by atoms with E-state index in [1.54, 1.807) is 6.07 Å². The van der Waals surface area contributed by atoms with Gasteiger partial charge in [0.05, 0.1) is 16.8 Å². The predicted molar refractivity (Wildman–Crippen MR) is 78.4 cm³/mol. The number of para-hydroxylation sites is 1. The molecule has 0 aliphatic heterocycles. The molecule has 5 nitrogen and oxygen atoms in total. The summed E-state index contributed by atoms with van der Waals surface area (Å²) in [7, 11) is 0. The molecule has 3 rings (SSSR count). The second kappa shape index (κ2) is 4.39. The first-order valence-corrected chi connectivity index (χ1v) is 7.00. The Morgan fingerprint density at radius 3 is 2.80 bits per heavy atom. The molecular formula is C14H13N5S. The largest absolute Gasteiger partial charge is 0.337 e. The lowest BCUT2D eigenvalue weighted by atomic mass is 9.91. The van der Waals surface area contributed by atoms with E-state index >= 15 is 0 Å². The van der Waals surface area contributed by atoms with Crippen LogP contribution in [0.1, 0.15) is 32.0 Å². The van der Waals surface area contributed by atoms with Crippen molar-refractivity contribution in [1.29, 1.82) is 5.26 Å². The van der Waals surface area contributed by atoms with Crippen molar-refractivity contribution < 1.29 is 0 Å². The minimum atomic E-state index is -0.0979. The molecule has 0 spiro atoms. The van der Waals surface area contributed by atoms with Crippen molar-refractivity contribution in [2.75, 3.05) is 0 Å². The van der Waals surface area contributed by atoms with Gasteiger partial charge in [0, 0.05) is 5.41 Å². The van der Waals surface area contributed by atoms with Gasteiger partial charge in [-0.3, -0.25) is 0 Å². The molecule has 0 atom stereocenters. The monoisotopic (exact) mass is 283 g/mol. The molecule has 0 unspecified atom stereocenters. The molecule has 100 valence electrons. The lowest BCUT2D eigenvalue weighted by molar-refractivity contribution is 0.568. The van der Waals surface area contributed by atoms with Gasteiger partial charge in [-0.25, -0.2) is 4.98 Å². The third-order valence-corrected chi connectivity index (χ3v) is 3.78. The lowest BCUT2D eigenvalue weighted by Crippen LogP contribution is -2.13. The Bertz CT molecular complexity index is 816. The number of aromatic amines is 1. The maximum atomic E-state index is 9.13. The van der Waals surface area contributed by atoms with E-state index in [9.17, 15) is 0 Å². The third-order valence-electron chi connectivity index (χ3n) is 3.05. The van der Waals surface area contributed by atoms with Crippen molar-refractivity contribution in [3.05, 3.63) is 29.5 Å². The van der Waals surface area contributed by atoms with E-state index in [0.717, 1.165) is 21.9 Å². The molecule has 2 heterocycles. The molecule has 6 heteroatoms. The molecule has 0 aliphatic rings. The summed E-state index contributed by atoms with van der Waals surface area (Å²) in [6, 6.07) is 7.69. The number of aromatic nitrogens is 4. The predicted octanol–water partition coefficient (Wildman–Crippen LogP) is 3.25. The van der Waals surface area contributed by atoms with E-state index in [1.165, 1.54) is 11.5 Å². The van der Waals surface area contributed by atoms with Gasteiger partial charge < -0.3 is 4.98 Å². The number of hydrogen-bond donors (Lipinski definition) is 1. The van der Waals surface area contributed by atoms with E-state index in [1.807, 2.05) is 12.1 Å². The Balaban J connectivity index is 2.22. The summed E-state index contributed by atoms with van der Waals surface area (Å²) < 4.78 is 4.04. The Morgan fingerprint density at radius 1 is 1.30 bits per heavy atom. The number of H-pyrrole nitrogens is 1. The van der Waals surface area contributed by atoms with Crippen molar-refractivity contribution in [1.82, 2.24) is 19.6 Å². The van der Waals surface area contributed by atoms with E-state index in [-0.39, 0.29) is 5.41 Å². The van der Waals surface area contributed by atoms with Gasteiger partial charge in [-0.1, -0.05) is 31.3 Å². The molecule has 1 N–H and O–H groups in total. The summed E-state index contributed by atoms with van der Waals surface area (Å²) in [5, 5.41) is 13.4. The zero-order valence-electron chi connectivity index (χ0n) is 11.4. The van der Waals surface area contributed by atoms with Gasteiger partial charge in [0.25, 0.3) is 0 Å². The highest BCUT2D eigenvalue weighted by Gasteiger charge is 2.25. The Labute approximate surface area is 120 Å². The molecule has 0 saturated carbocycles. The van der Waals surface area contributed by atoms with Crippen molar-refractivity contribution in [3.63, 3.8) is 0 Å². The van der Waals surface area contributed by atoms with Crippen molar-refractivity contribution in [2.45, 2.75) is 26.2 Å². The highest BCUT2D eigenvalue weighted by atomic mass is 32.1.